The summed E-state index contributed by atoms with van der Waals surface area (Å²) < 4.78 is 0. The van der Waals surface area contributed by atoms with Crippen molar-refractivity contribution in [2.75, 3.05) is 26.2 Å². The summed E-state index contributed by atoms with van der Waals surface area (Å²) >= 11 is 8.11. The standard InChI is InChI=1S/C23H21ClN4OS/c24-18-3-4-19-20(14-18)30-15-17-2-1-7-26-21(17)22(19)27-10-12-28(13-11-27)23(29)16-5-8-25-9-6-16/h1-9,14,22H,10-13,15H2. The van der Waals surface area contributed by atoms with E-state index in [0.717, 1.165) is 29.6 Å². The van der Waals surface area contributed by atoms with Gasteiger partial charge in [0.1, 0.15) is 0 Å². The number of fused-ring (bicyclic) bond motifs is 2. The van der Waals surface area contributed by atoms with Gasteiger partial charge in [-0.2, -0.15) is 0 Å². The minimum Gasteiger partial charge on any atom is -0.336 e. The van der Waals surface area contributed by atoms with Gasteiger partial charge in [-0.1, -0.05) is 23.7 Å². The minimum absolute atomic E-state index is 0.0687. The number of rotatable bonds is 2. The molecule has 1 saturated heterocycles. The summed E-state index contributed by atoms with van der Waals surface area (Å²) in [4.78, 5) is 27.2. The largest absolute Gasteiger partial charge is 0.336 e. The van der Waals surface area contributed by atoms with Crippen LogP contribution in [0.4, 0.5) is 0 Å². The fourth-order valence-electron chi connectivity index (χ4n) is 4.21. The average molecular weight is 437 g/mol. The quantitative estimate of drug-likeness (QED) is 0.600. The Hall–Kier alpha value is -2.41. The van der Waals surface area contributed by atoms with Crippen LogP contribution in [0.15, 0.2) is 66.0 Å². The Bertz CT molecular complexity index is 1070. The van der Waals surface area contributed by atoms with Crippen molar-refractivity contribution in [2.45, 2.75) is 16.7 Å². The van der Waals surface area contributed by atoms with E-state index >= 15 is 0 Å². The van der Waals surface area contributed by atoms with Gasteiger partial charge in [0.25, 0.3) is 5.91 Å². The van der Waals surface area contributed by atoms with Crippen LogP contribution < -0.4 is 0 Å². The van der Waals surface area contributed by atoms with E-state index < -0.39 is 0 Å². The van der Waals surface area contributed by atoms with Crippen LogP contribution >= 0.6 is 23.4 Å². The predicted octanol–water partition coefficient (Wildman–Crippen LogP) is 4.28. The molecule has 0 bridgehead atoms. The molecule has 0 radical (unpaired) electrons. The van der Waals surface area contributed by atoms with Gasteiger partial charge in [-0.25, -0.2) is 0 Å². The summed E-state index contributed by atoms with van der Waals surface area (Å²) in [5.74, 6) is 0.951. The second-order valence-corrected chi connectivity index (χ2v) is 8.94. The van der Waals surface area contributed by atoms with Crippen molar-refractivity contribution < 1.29 is 4.79 Å². The second-order valence-electron chi connectivity index (χ2n) is 7.49. The highest BCUT2D eigenvalue weighted by Gasteiger charge is 2.33. The Balaban J connectivity index is 1.43. The summed E-state index contributed by atoms with van der Waals surface area (Å²) in [5, 5.41) is 0.756. The van der Waals surface area contributed by atoms with E-state index in [2.05, 4.69) is 28.1 Å². The van der Waals surface area contributed by atoms with Gasteiger partial charge in [0.15, 0.2) is 0 Å². The molecule has 0 N–H and O–H groups in total. The third-order valence-electron chi connectivity index (χ3n) is 5.73. The van der Waals surface area contributed by atoms with Crippen LogP contribution in [0.5, 0.6) is 0 Å². The van der Waals surface area contributed by atoms with Crippen molar-refractivity contribution >= 4 is 29.3 Å². The first-order chi connectivity index (χ1) is 14.7. The number of aromatic nitrogens is 2. The molecule has 2 aromatic heterocycles. The molecule has 4 heterocycles. The van der Waals surface area contributed by atoms with Crippen LogP contribution in [0.3, 0.4) is 0 Å². The molecule has 0 spiro atoms. The van der Waals surface area contributed by atoms with Crippen molar-refractivity contribution in [3.8, 4) is 0 Å². The van der Waals surface area contributed by atoms with E-state index in [4.69, 9.17) is 16.6 Å². The minimum atomic E-state index is 0.0687. The first-order valence-corrected chi connectivity index (χ1v) is 11.4. The Morgan fingerprint density at radius 3 is 2.63 bits per heavy atom. The fourth-order valence-corrected chi connectivity index (χ4v) is 5.56. The molecule has 7 heteroatoms. The number of thioether (sulfide) groups is 1. The zero-order valence-corrected chi connectivity index (χ0v) is 17.9. The number of piperazine rings is 1. The van der Waals surface area contributed by atoms with Crippen molar-refractivity contribution in [1.29, 1.82) is 0 Å². The van der Waals surface area contributed by atoms with E-state index in [1.165, 1.54) is 16.0 Å². The number of pyridine rings is 2. The maximum absolute atomic E-state index is 12.8. The number of halogens is 1. The lowest BCUT2D eigenvalue weighted by Crippen LogP contribution is -2.50. The monoisotopic (exact) mass is 436 g/mol. The molecule has 0 aliphatic carbocycles. The van der Waals surface area contributed by atoms with E-state index in [9.17, 15) is 4.79 Å². The SMILES string of the molecule is O=C(c1ccncc1)N1CCN(C2c3ccc(Cl)cc3SCc3cccnc32)CC1. The fraction of sp³-hybridized carbons (Fsp3) is 0.261. The lowest BCUT2D eigenvalue weighted by Gasteiger charge is -2.39. The van der Waals surface area contributed by atoms with Gasteiger partial charge in [-0.3, -0.25) is 19.7 Å². The highest BCUT2D eigenvalue weighted by atomic mass is 35.5. The summed E-state index contributed by atoms with van der Waals surface area (Å²) in [6, 6.07) is 13.9. The molecule has 1 aromatic carbocycles. The number of benzene rings is 1. The van der Waals surface area contributed by atoms with Crippen LogP contribution in [0.2, 0.25) is 5.02 Å². The number of hydrogen-bond donors (Lipinski definition) is 0. The van der Waals surface area contributed by atoms with Crippen LogP contribution in [0.25, 0.3) is 0 Å². The zero-order chi connectivity index (χ0) is 20.5. The molecular formula is C23H21ClN4OS. The molecule has 30 heavy (non-hydrogen) atoms. The van der Waals surface area contributed by atoms with Gasteiger partial charge in [0.2, 0.25) is 0 Å². The molecule has 5 rings (SSSR count). The van der Waals surface area contributed by atoms with Crippen LogP contribution in [0.1, 0.15) is 33.2 Å². The van der Waals surface area contributed by atoms with E-state index in [-0.39, 0.29) is 11.9 Å². The van der Waals surface area contributed by atoms with Gasteiger partial charge in [0.05, 0.1) is 11.7 Å². The number of carbonyl (C=O) groups excluding carboxylic acids is 1. The molecule has 1 amide bonds. The van der Waals surface area contributed by atoms with Gasteiger partial charge < -0.3 is 4.90 Å². The Labute approximate surface area is 185 Å². The molecule has 2 aliphatic heterocycles. The first kappa shape index (κ1) is 19.5. The normalized spacial score (nSPS) is 19.0. The average Bonchev–Trinajstić information content (AvgIpc) is 2.96. The number of nitrogens with zero attached hydrogens (tertiary/aromatic N) is 4. The summed E-state index contributed by atoms with van der Waals surface area (Å²) in [7, 11) is 0. The van der Waals surface area contributed by atoms with Gasteiger partial charge in [-0.05, 0) is 41.5 Å². The maximum Gasteiger partial charge on any atom is 0.254 e. The smallest absolute Gasteiger partial charge is 0.254 e. The molecule has 0 saturated carbocycles. The Kier molecular flexibility index (Phi) is 5.46. The highest BCUT2D eigenvalue weighted by molar-refractivity contribution is 7.98. The lowest BCUT2D eigenvalue weighted by molar-refractivity contribution is 0.0593. The van der Waals surface area contributed by atoms with E-state index in [1.807, 2.05) is 35.0 Å². The molecule has 1 fully saturated rings. The molecule has 152 valence electrons. The number of carbonyl (C=O) groups is 1. The van der Waals surface area contributed by atoms with E-state index in [0.29, 0.717) is 18.7 Å². The second kappa shape index (κ2) is 8.38. The molecule has 3 aromatic rings. The van der Waals surface area contributed by atoms with Crippen molar-refractivity contribution in [3.63, 3.8) is 0 Å². The van der Waals surface area contributed by atoms with Gasteiger partial charge in [-0.15, -0.1) is 11.8 Å². The van der Waals surface area contributed by atoms with Crippen molar-refractivity contribution in [1.82, 2.24) is 19.8 Å². The predicted molar refractivity (Wildman–Crippen MR) is 119 cm³/mol. The zero-order valence-electron chi connectivity index (χ0n) is 16.4. The molecule has 1 atom stereocenters. The highest BCUT2D eigenvalue weighted by Crippen LogP contribution is 2.42. The van der Waals surface area contributed by atoms with Crippen LogP contribution in [0, 0.1) is 0 Å². The number of hydrogen-bond acceptors (Lipinski definition) is 5. The van der Waals surface area contributed by atoms with Crippen LogP contribution in [-0.4, -0.2) is 51.9 Å². The third-order valence-corrected chi connectivity index (χ3v) is 7.09. The first-order valence-electron chi connectivity index (χ1n) is 10.00. The lowest BCUT2D eigenvalue weighted by atomic mass is 9.97. The molecule has 2 aliphatic rings. The summed E-state index contributed by atoms with van der Waals surface area (Å²) in [5.41, 5.74) is 4.31. The van der Waals surface area contributed by atoms with Gasteiger partial charge in [0, 0.05) is 66.0 Å². The van der Waals surface area contributed by atoms with Gasteiger partial charge >= 0.3 is 0 Å². The Morgan fingerprint density at radius 2 is 1.83 bits per heavy atom. The van der Waals surface area contributed by atoms with Crippen molar-refractivity contribution in [3.05, 3.63) is 88.5 Å². The van der Waals surface area contributed by atoms with E-state index in [1.54, 1.807) is 24.5 Å². The van der Waals surface area contributed by atoms with Crippen molar-refractivity contribution in [2.24, 2.45) is 0 Å². The summed E-state index contributed by atoms with van der Waals surface area (Å²) in [6.07, 6.45) is 5.20. The summed E-state index contributed by atoms with van der Waals surface area (Å²) in [6.45, 7) is 2.97. The third kappa shape index (κ3) is 3.71. The van der Waals surface area contributed by atoms with Crippen LogP contribution in [-0.2, 0) is 5.75 Å². The number of amides is 1. The molecular weight excluding hydrogens is 416 g/mol. The molecule has 1 unspecified atom stereocenters. The molecule has 5 nitrogen and oxygen atoms in total. The topological polar surface area (TPSA) is 49.3 Å². The Morgan fingerprint density at radius 1 is 1.03 bits per heavy atom. The maximum atomic E-state index is 12.8.